The maximum atomic E-state index is 5.59. The van der Waals surface area contributed by atoms with Crippen LogP contribution in [0.15, 0.2) is 24.9 Å². The first kappa shape index (κ1) is 11.5. The van der Waals surface area contributed by atoms with E-state index in [4.69, 9.17) is 10.5 Å². The summed E-state index contributed by atoms with van der Waals surface area (Å²) in [7, 11) is 1.66. The van der Waals surface area contributed by atoms with E-state index in [1.54, 1.807) is 25.4 Å². The van der Waals surface area contributed by atoms with Gasteiger partial charge >= 0.3 is 0 Å². The van der Waals surface area contributed by atoms with Crippen molar-refractivity contribution in [3.05, 3.63) is 24.9 Å². The third kappa shape index (κ3) is 3.55. The van der Waals surface area contributed by atoms with Gasteiger partial charge in [0.05, 0.1) is 6.61 Å². The van der Waals surface area contributed by atoms with Crippen LogP contribution < -0.4 is 10.6 Å². The predicted molar refractivity (Wildman–Crippen MR) is 60.7 cm³/mol. The lowest BCUT2D eigenvalue weighted by Crippen LogP contribution is -2.29. The molecule has 0 spiro atoms. The van der Waals surface area contributed by atoms with Gasteiger partial charge in [0, 0.05) is 26.4 Å². The van der Waals surface area contributed by atoms with Gasteiger partial charge in [-0.05, 0) is 6.07 Å². The smallest absolute Gasteiger partial charge is 0.227 e. The third-order valence-electron chi connectivity index (χ3n) is 1.86. The highest BCUT2D eigenvalue weighted by atomic mass is 16.5. The largest absolute Gasteiger partial charge is 0.384 e. The van der Waals surface area contributed by atoms with E-state index in [1.165, 1.54) is 0 Å². The predicted octanol–water partition coefficient (Wildman–Crippen LogP) is 0.698. The lowest BCUT2D eigenvalue weighted by molar-refractivity contribution is 0.205. The number of aromatic nitrogens is 2. The van der Waals surface area contributed by atoms with Crippen LogP contribution >= 0.6 is 0 Å². The van der Waals surface area contributed by atoms with Gasteiger partial charge in [-0.2, -0.15) is 4.98 Å². The average Bonchev–Trinajstić information content (AvgIpc) is 2.24. The summed E-state index contributed by atoms with van der Waals surface area (Å²) in [6.07, 6.45) is 3.43. The minimum absolute atomic E-state index is 0.464. The van der Waals surface area contributed by atoms with E-state index in [9.17, 15) is 0 Å². The normalized spacial score (nSPS) is 9.93. The van der Waals surface area contributed by atoms with Crippen molar-refractivity contribution in [1.29, 1.82) is 0 Å². The summed E-state index contributed by atoms with van der Waals surface area (Å²) in [5, 5.41) is 0. The van der Waals surface area contributed by atoms with Crippen molar-refractivity contribution in [3.8, 4) is 0 Å². The summed E-state index contributed by atoms with van der Waals surface area (Å²) in [6.45, 7) is 5.69. The van der Waals surface area contributed by atoms with Crippen molar-refractivity contribution in [3.63, 3.8) is 0 Å². The molecule has 0 aliphatic heterocycles. The van der Waals surface area contributed by atoms with Crippen LogP contribution in [-0.2, 0) is 4.74 Å². The van der Waals surface area contributed by atoms with Gasteiger partial charge in [-0.25, -0.2) is 4.98 Å². The second-order valence-electron chi connectivity index (χ2n) is 3.01. The molecule has 15 heavy (non-hydrogen) atoms. The van der Waals surface area contributed by atoms with Crippen molar-refractivity contribution >= 4 is 11.8 Å². The molecule has 0 saturated heterocycles. The van der Waals surface area contributed by atoms with Gasteiger partial charge in [-0.3, -0.25) is 0 Å². The van der Waals surface area contributed by atoms with Gasteiger partial charge in [0.2, 0.25) is 5.95 Å². The lowest BCUT2D eigenvalue weighted by atomic mass is 10.5. The van der Waals surface area contributed by atoms with E-state index in [1.807, 2.05) is 4.90 Å². The molecule has 0 saturated carbocycles. The second-order valence-corrected chi connectivity index (χ2v) is 3.01. The van der Waals surface area contributed by atoms with Crippen molar-refractivity contribution in [2.75, 3.05) is 37.4 Å². The second kappa shape index (κ2) is 5.98. The lowest BCUT2D eigenvalue weighted by Gasteiger charge is -2.20. The highest BCUT2D eigenvalue weighted by Crippen LogP contribution is 2.07. The molecule has 0 aliphatic carbocycles. The Hall–Kier alpha value is -1.62. The molecule has 0 radical (unpaired) electrons. The highest BCUT2D eigenvalue weighted by Gasteiger charge is 2.07. The van der Waals surface area contributed by atoms with E-state index in [-0.39, 0.29) is 0 Å². The number of nitrogens with two attached hydrogens (primary N) is 1. The van der Waals surface area contributed by atoms with Gasteiger partial charge in [0.25, 0.3) is 0 Å². The van der Waals surface area contributed by atoms with Gasteiger partial charge in [-0.1, -0.05) is 6.08 Å². The number of ether oxygens (including phenoxy) is 1. The Morgan fingerprint density at radius 3 is 3.07 bits per heavy atom. The van der Waals surface area contributed by atoms with Crippen LogP contribution in [0.3, 0.4) is 0 Å². The summed E-state index contributed by atoms with van der Waals surface area (Å²) in [5.74, 6) is 1.07. The summed E-state index contributed by atoms with van der Waals surface area (Å²) >= 11 is 0. The van der Waals surface area contributed by atoms with Gasteiger partial charge in [0.1, 0.15) is 5.82 Å². The number of rotatable bonds is 6. The molecular weight excluding hydrogens is 192 g/mol. The Morgan fingerprint density at radius 2 is 2.47 bits per heavy atom. The Bertz CT molecular complexity index is 316. The molecule has 0 atom stereocenters. The standard InChI is InChI=1S/C10H16N4O/c1-3-6-14(7-8-15-2)10-12-5-4-9(11)13-10/h3-5H,1,6-8H2,2H3,(H2,11,12,13). The van der Waals surface area contributed by atoms with E-state index >= 15 is 0 Å². The number of nitrogen functional groups attached to an aromatic ring is 1. The molecule has 1 aromatic rings. The molecule has 0 fully saturated rings. The van der Waals surface area contributed by atoms with Crippen molar-refractivity contribution < 1.29 is 4.74 Å². The van der Waals surface area contributed by atoms with Crippen LogP contribution in [0.25, 0.3) is 0 Å². The van der Waals surface area contributed by atoms with E-state index in [0.717, 1.165) is 0 Å². The Morgan fingerprint density at radius 1 is 1.67 bits per heavy atom. The zero-order chi connectivity index (χ0) is 11.1. The molecular formula is C10H16N4O. The van der Waals surface area contributed by atoms with Crippen LogP contribution in [0.5, 0.6) is 0 Å². The topological polar surface area (TPSA) is 64.3 Å². The molecule has 5 nitrogen and oxygen atoms in total. The number of nitrogens with zero attached hydrogens (tertiary/aromatic N) is 3. The molecule has 0 aliphatic rings. The SMILES string of the molecule is C=CCN(CCOC)c1nccc(N)n1. The fraction of sp³-hybridized carbons (Fsp3) is 0.400. The quantitative estimate of drug-likeness (QED) is 0.697. The maximum Gasteiger partial charge on any atom is 0.227 e. The number of methoxy groups -OCH3 is 1. The van der Waals surface area contributed by atoms with Crippen LogP contribution in [0.1, 0.15) is 0 Å². The molecule has 0 amide bonds. The van der Waals surface area contributed by atoms with Crippen molar-refractivity contribution in [1.82, 2.24) is 9.97 Å². The molecule has 0 aromatic carbocycles. The molecule has 0 unspecified atom stereocenters. The van der Waals surface area contributed by atoms with Crippen molar-refractivity contribution in [2.24, 2.45) is 0 Å². The molecule has 1 heterocycles. The number of hydrogen-bond acceptors (Lipinski definition) is 5. The minimum atomic E-state index is 0.464. The molecule has 0 bridgehead atoms. The van der Waals surface area contributed by atoms with E-state index in [0.29, 0.717) is 31.5 Å². The summed E-state index contributed by atoms with van der Waals surface area (Å²) in [4.78, 5) is 10.2. The van der Waals surface area contributed by atoms with Crippen LogP contribution in [-0.4, -0.2) is 36.8 Å². The first-order chi connectivity index (χ1) is 7.27. The summed E-state index contributed by atoms with van der Waals surface area (Å²) in [5.41, 5.74) is 5.59. The third-order valence-corrected chi connectivity index (χ3v) is 1.86. The zero-order valence-electron chi connectivity index (χ0n) is 8.89. The van der Waals surface area contributed by atoms with Gasteiger partial charge in [0.15, 0.2) is 0 Å². The number of hydrogen-bond donors (Lipinski definition) is 1. The summed E-state index contributed by atoms with van der Waals surface area (Å²) < 4.78 is 5.01. The van der Waals surface area contributed by atoms with Crippen LogP contribution in [0, 0.1) is 0 Å². The summed E-state index contributed by atoms with van der Waals surface area (Å²) in [6, 6.07) is 1.66. The maximum absolute atomic E-state index is 5.59. The van der Waals surface area contributed by atoms with Crippen LogP contribution in [0.4, 0.5) is 11.8 Å². The molecule has 2 N–H and O–H groups in total. The Kier molecular flexibility index (Phi) is 4.56. The average molecular weight is 208 g/mol. The number of anilines is 2. The molecule has 82 valence electrons. The minimum Gasteiger partial charge on any atom is -0.384 e. The monoisotopic (exact) mass is 208 g/mol. The molecule has 1 rings (SSSR count). The van der Waals surface area contributed by atoms with E-state index in [2.05, 4.69) is 16.5 Å². The zero-order valence-corrected chi connectivity index (χ0v) is 8.89. The van der Waals surface area contributed by atoms with Crippen LogP contribution in [0.2, 0.25) is 0 Å². The molecule has 1 aromatic heterocycles. The van der Waals surface area contributed by atoms with E-state index < -0.39 is 0 Å². The first-order valence-corrected chi connectivity index (χ1v) is 4.71. The Labute approximate surface area is 89.6 Å². The molecule has 5 heteroatoms. The fourth-order valence-electron chi connectivity index (χ4n) is 1.14. The highest BCUT2D eigenvalue weighted by molar-refractivity contribution is 5.38. The first-order valence-electron chi connectivity index (χ1n) is 4.71. The van der Waals surface area contributed by atoms with Gasteiger partial charge < -0.3 is 15.4 Å². The van der Waals surface area contributed by atoms with Gasteiger partial charge in [-0.15, -0.1) is 6.58 Å². The Balaban J connectivity index is 2.73. The fourth-order valence-corrected chi connectivity index (χ4v) is 1.14. The van der Waals surface area contributed by atoms with Crippen molar-refractivity contribution in [2.45, 2.75) is 0 Å².